The number of aryl methyl sites for hydroxylation is 2. The van der Waals surface area contributed by atoms with Crippen LogP contribution in [0.2, 0.25) is 0 Å². The number of fused-ring (bicyclic) bond motifs is 1. The second kappa shape index (κ2) is 8.11. The Morgan fingerprint density at radius 1 is 1.23 bits per heavy atom. The SMILES string of the molecule is COc1cc(NC(=O)CSc2nc3c(cc2C#N)CCC3)cc(OC)c1. The number of anilines is 1. The predicted octanol–water partition coefficient (Wildman–Crippen LogP) is 3.19. The molecule has 3 rings (SSSR count). The van der Waals surface area contributed by atoms with E-state index in [4.69, 9.17) is 9.47 Å². The van der Waals surface area contributed by atoms with Crippen LogP contribution in [0.3, 0.4) is 0 Å². The number of carbonyl (C=O) groups excluding carboxylic acids is 1. The van der Waals surface area contributed by atoms with E-state index in [0.29, 0.717) is 27.8 Å². The van der Waals surface area contributed by atoms with Crippen molar-refractivity contribution in [2.45, 2.75) is 24.3 Å². The van der Waals surface area contributed by atoms with Crippen LogP contribution in [-0.2, 0) is 17.6 Å². The number of amides is 1. The fourth-order valence-corrected chi connectivity index (χ4v) is 3.63. The van der Waals surface area contributed by atoms with Crippen LogP contribution in [0.5, 0.6) is 11.5 Å². The number of hydrogen-bond donors (Lipinski definition) is 1. The Bertz CT molecular complexity index is 855. The number of nitriles is 1. The van der Waals surface area contributed by atoms with E-state index in [1.165, 1.54) is 11.8 Å². The van der Waals surface area contributed by atoms with Crippen molar-refractivity contribution in [3.05, 3.63) is 41.1 Å². The van der Waals surface area contributed by atoms with E-state index in [1.807, 2.05) is 6.07 Å². The number of carbonyl (C=O) groups is 1. The third-order valence-corrected chi connectivity index (χ3v) is 5.10. The van der Waals surface area contributed by atoms with Crippen molar-refractivity contribution in [1.82, 2.24) is 4.98 Å². The molecule has 0 bridgehead atoms. The van der Waals surface area contributed by atoms with Crippen molar-refractivity contribution in [3.63, 3.8) is 0 Å². The van der Waals surface area contributed by atoms with E-state index in [1.54, 1.807) is 32.4 Å². The molecule has 1 heterocycles. The standard InChI is InChI=1S/C19H19N3O3S/c1-24-15-7-14(8-16(9-15)25-2)21-18(23)11-26-19-13(10-20)6-12-4-3-5-17(12)22-19/h6-9H,3-5,11H2,1-2H3,(H,21,23). The Balaban J connectivity index is 1.67. The first-order chi connectivity index (χ1) is 12.6. The Labute approximate surface area is 156 Å². The minimum absolute atomic E-state index is 0.167. The number of ether oxygens (including phenoxy) is 2. The van der Waals surface area contributed by atoms with E-state index < -0.39 is 0 Å². The molecular weight excluding hydrogens is 350 g/mol. The third kappa shape index (κ3) is 4.09. The van der Waals surface area contributed by atoms with Crippen LogP contribution >= 0.6 is 11.8 Å². The Morgan fingerprint density at radius 3 is 2.62 bits per heavy atom. The minimum Gasteiger partial charge on any atom is -0.497 e. The number of rotatable bonds is 6. The van der Waals surface area contributed by atoms with Gasteiger partial charge in [0.05, 0.1) is 25.5 Å². The summed E-state index contributed by atoms with van der Waals surface area (Å²) >= 11 is 1.28. The second-order valence-corrected chi connectivity index (χ2v) is 6.81. The summed E-state index contributed by atoms with van der Waals surface area (Å²) in [5, 5.41) is 12.8. The highest BCUT2D eigenvalue weighted by Crippen LogP contribution is 2.29. The summed E-state index contributed by atoms with van der Waals surface area (Å²) in [6.45, 7) is 0. The molecule has 1 N–H and O–H groups in total. The van der Waals surface area contributed by atoms with Crippen molar-refractivity contribution in [1.29, 1.82) is 5.26 Å². The lowest BCUT2D eigenvalue weighted by Gasteiger charge is -2.10. The van der Waals surface area contributed by atoms with Crippen molar-refractivity contribution < 1.29 is 14.3 Å². The Hall–Kier alpha value is -2.72. The molecule has 0 atom stereocenters. The molecule has 26 heavy (non-hydrogen) atoms. The number of thioether (sulfide) groups is 1. The maximum Gasteiger partial charge on any atom is 0.234 e. The number of nitrogens with one attached hydrogen (secondary N) is 1. The molecular formula is C19H19N3O3S. The zero-order valence-corrected chi connectivity index (χ0v) is 15.5. The van der Waals surface area contributed by atoms with Crippen LogP contribution in [0.15, 0.2) is 29.3 Å². The van der Waals surface area contributed by atoms with Crippen molar-refractivity contribution in [3.8, 4) is 17.6 Å². The molecule has 1 amide bonds. The van der Waals surface area contributed by atoms with Gasteiger partial charge in [0.1, 0.15) is 22.6 Å². The van der Waals surface area contributed by atoms with E-state index in [2.05, 4.69) is 16.4 Å². The lowest BCUT2D eigenvalue weighted by Crippen LogP contribution is -2.14. The summed E-state index contributed by atoms with van der Waals surface area (Å²) in [5.41, 5.74) is 3.32. The first-order valence-corrected chi connectivity index (χ1v) is 9.20. The molecule has 0 saturated carbocycles. The van der Waals surface area contributed by atoms with Crippen LogP contribution in [0.4, 0.5) is 5.69 Å². The summed E-state index contributed by atoms with van der Waals surface area (Å²) < 4.78 is 10.4. The van der Waals surface area contributed by atoms with Gasteiger partial charge in [-0.25, -0.2) is 4.98 Å². The van der Waals surface area contributed by atoms with Gasteiger partial charge in [0.2, 0.25) is 5.91 Å². The lowest BCUT2D eigenvalue weighted by atomic mass is 10.2. The average molecular weight is 369 g/mol. The summed E-state index contributed by atoms with van der Waals surface area (Å²) in [5.74, 6) is 1.18. The van der Waals surface area contributed by atoms with Gasteiger partial charge in [0.25, 0.3) is 0 Å². The summed E-state index contributed by atoms with van der Waals surface area (Å²) in [7, 11) is 3.11. The van der Waals surface area contributed by atoms with Crippen LogP contribution in [0, 0.1) is 11.3 Å². The Morgan fingerprint density at radius 2 is 1.96 bits per heavy atom. The summed E-state index contributed by atoms with van der Waals surface area (Å²) in [6, 6.07) is 9.26. The first kappa shape index (κ1) is 18.1. The van der Waals surface area contributed by atoms with Gasteiger partial charge in [0, 0.05) is 29.6 Å². The molecule has 7 heteroatoms. The van der Waals surface area contributed by atoms with Crippen LogP contribution in [0.25, 0.3) is 0 Å². The van der Waals surface area contributed by atoms with Gasteiger partial charge in [-0.1, -0.05) is 11.8 Å². The molecule has 1 aliphatic carbocycles. The van der Waals surface area contributed by atoms with E-state index in [9.17, 15) is 10.1 Å². The zero-order valence-electron chi connectivity index (χ0n) is 14.7. The molecule has 1 aromatic carbocycles. The van der Waals surface area contributed by atoms with E-state index in [0.717, 1.165) is 30.5 Å². The molecule has 0 aliphatic heterocycles. The number of pyridine rings is 1. The van der Waals surface area contributed by atoms with Gasteiger partial charge in [-0.05, 0) is 30.9 Å². The van der Waals surface area contributed by atoms with Gasteiger partial charge in [-0.15, -0.1) is 0 Å². The van der Waals surface area contributed by atoms with E-state index in [-0.39, 0.29) is 11.7 Å². The smallest absolute Gasteiger partial charge is 0.234 e. The third-order valence-electron chi connectivity index (χ3n) is 4.11. The number of methoxy groups -OCH3 is 2. The fourth-order valence-electron chi connectivity index (χ4n) is 2.85. The number of nitrogens with zero attached hydrogens (tertiary/aromatic N) is 2. The normalized spacial score (nSPS) is 12.2. The van der Waals surface area contributed by atoms with Crippen LogP contribution in [-0.4, -0.2) is 30.9 Å². The molecule has 134 valence electrons. The fraction of sp³-hybridized carbons (Fsp3) is 0.316. The second-order valence-electron chi connectivity index (χ2n) is 5.85. The highest BCUT2D eigenvalue weighted by atomic mass is 32.2. The van der Waals surface area contributed by atoms with Gasteiger partial charge < -0.3 is 14.8 Å². The first-order valence-electron chi connectivity index (χ1n) is 8.21. The molecule has 0 fully saturated rings. The number of hydrogen-bond acceptors (Lipinski definition) is 6. The molecule has 0 unspecified atom stereocenters. The van der Waals surface area contributed by atoms with Gasteiger partial charge in [-0.2, -0.15) is 5.26 Å². The van der Waals surface area contributed by atoms with Gasteiger partial charge >= 0.3 is 0 Å². The van der Waals surface area contributed by atoms with Crippen molar-refractivity contribution in [2.24, 2.45) is 0 Å². The molecule has 0 spiro atoms. The van der Waals surface area contributed by atoms with Crippen LogP contribution in [0.1, 0.15) is 23.2 Å². The topological polar surface area (TPSA) is 84.2 Å². The molecule has 0 radical (unpaired) electrons. The summed E-state index contributed by atoms with van der Waals surface area (Å²) in [6.07, 6.45) is 2.98. The maximum absolute atomic E-state index is 12.3. The number of aromatic nitrogens is 1. The Kier molecular flexibility index (Phi) is 5.64. The van der Waals surface area contributed by atoms with Crippen LogP contribution < -0.4 is 14.8 Å². The van der Waals surface area contributed by atoms with Crippen molar-refractivity contribution >= 4 is 23.4 Å². The minimum atomic E-state index is -0.184. The van der Waals surface area contributed by atoms with Gasteiger partial charge in [0.15, 0.2) is 0 Å². The monoisotopic (exact) mass is 369 g/mol. The average Bonchev–Trinajstić information content (AvgIpc) is 3.12. The number of benzene rings is 1. The van der Waals surface area contributed by atoms with E-state index >= 15 is 0 Å². The highest BCUT2D eigenvalue weighted by Gasteiger charge is 2.17. The largest absolute Gasteiger partial charge is 0.497 e. The summed E-state index contributed by atoms with van der Waals surface area (Å²) in [4.78, 5) is 16.9. The molecule has 1 aliphatic rings. The maximum atomic E-state index is 12.3. The molecule has 0 saturated heterocycles. The molecule has 6 nitrogen and oxygen atoms in total. The molecule has 2 aromatic rings. The highest BCUT2D eigenvalue weighted by molar-refractivity contribution is 8.00. The lowest BCUT2D eigenvalue weighted by molar-refractivity contribution is -0.113. The van der Waals surface area contributed by atoms with Gasteiger partial charge in [-0.3, -0.25) is 4.79 Å². The quantitative estimate of drug-likeness (QED) is 0.787. The predicted molar refractivity (Wildman–Crippen MR) is 99.9 cm³/mol. The zero-order chi connectivity index (χ0) is 18.5. The van der Waals surface area contributed by atoms with Crippen molar-refractivity contribution in [2.75, 3.05) is 25.3 Å². The molecule has 1 aromatic heterocycles.